The van der Waals surface area contributed by atoms with Gasteiger partial charge in [-0.25, -0.2) is 5.43 Å². The molecular weight excluding hydrogens is 272 g/mol. The lowest BCUT2D eigenvalue weighted by atomic mass is 10.2. The van der Waals surface area contributed by atoms with Gasteiger partial charge in [-0.05, 0) is 18.2 Å². The maximum atomic E-state index is 11.7. The molecule has 0 bridgehead atoms. The number of carbonyl (C=O) groups is 1. The lowest BCUT2D eigenvalue weighted by molar-refractivity contribution is -0.385. The number of hydrogen-bond acceptors (Lipinski definition) is 4. The predicted molar refractivity (Wildman–Crippen MR) is 78.0 cm³/mol. The van der Waals surface area contributed by atoms with Gasteiger partial charge in [-0.1, -0.05) is 12.1 Å². The van der Waals surface area contributed by atoms with Crippen molar-refractivity contribution in [2.45, 2.75) is 6.42 Å². The van der Waals surface area contributed by atoms with E-state index >= 15 is 0 Å². The van der Waals surface area contributed by atoms with Crippen LogP contribution in [0.3, 0.4) is 0 Å². The summed E-state index contributed by atoms with van der Waals surface area (Å²) in [6, 6.07) is 9.87. The van der Waals surface area contributed by atoms with Crippen LogP contribution in [0.2, 0.25) is 0 Å². The number of nitrogens with zero attached hydrogens (tertiary/aromatic N) is 3. The summed E-state index contributed by atoms with van der Waals surface area (Å²) in [5.41, 5.74) is 3.49. The molecule has 7 heteroatoms. The fourth-order valence-electron chi connectivity index (χ4n) is 1.82. The normalized spacial score (nSPS) is 10.7. The third kappa shape index (κ3) is 3.75. The second-order valence-electron chi connectivity index (χ2n) is 4.40. The molecule has 1 N–H and O–H groups in total. The minimum absolute atomic E-state index is 0.0575. The van der Waals surface area contributed by atoms with Gasteiger partial charge in [0.2, 0.25) is 5.91 Å². The number of benzene rings is 1. The van der Waals surface area contributed by atoms with E-state index < -0.39 is 4.92 Å². The van der Waals surface area contributed by atoms with Gasteiger partial charge in [-0.2, -0.15) is 5.10 Å². The van der Waals surface area contributed by atoms with Gasteiger partial charge in [0.15, 0.2) is 0 Å². The molecule has 0 unspecified atom stereocenters. The Kier molecular flexibility index (Phi) is 4.45. The van der Waals surface area contributed by atoms with E-state index in [1.54, 1.807) is 18.2 Å². The fraction of sp³-hybridized carbons (Fsp3) is 0.143. The molecule has 1 aromatic heterocycles. The lowest BCUT2D eigenvalue weighted by Gasteiger charge is -2.02. The van der Waals surface area contributed by atoms with E-state index in [1.165, 1.54) is 12.3 Å². The van der Waals surface area contributed by atoms with Gasteiger partial charge in [0.25, 0.3) is 5.69 Å². The number of nitrogens with one attached hydrogen (secondary N) is 1. The monoisotopic (exact) mass is 286 g/mol. The van der Waals surface area contributed by atoms with Crippen molar-refractivity contribution in [2.75, 3.05) is 0 Å². The summed E-state index contributed by atoms with van der Waals surface area (Å²) in [6.45, 7) is 0. The van der Waals surface area contributed by atoms with Crippen LogP contribution in [0.4, 0.5) is 5.69 Å². The standard InChI is InChI=1S/C14H14N4O3/c1-17-8-4-6-12(17)9-14(19)16-15-10-11-5-2-3-7-13(11)18(20)21/h2-8,10H,9H2,1H3,(H,16,19). The molecule has 0 fully saturated rings. The molecule has 0 saturated heterocycles. The third-order valence-corrected chi connectivity index (χ3v) is 2.92. The Bertz CT molecular complexity index is 691. The van der Waals surface area contributed by atoms with Crippen molar-refractivity contribution in [3.05, 3.63) is 64.0 Å². The van der Waals surface area contributed by atoms with Crippen LogP contribution in [-0.4, -0.2) is 21.6 Å². The molecule has 0 spiro atoms. The Morgan fingerprint density at radius 3 is 2.81 bits per heavy atom. The maximum absolute atomic E-state index is 11.7. The summed E-state index contributed by atoms with van der Waals surface area (Å²) < 4.78 is 1.84. The molecular formula is C14H14N4O3. The van der Waals surface area contributed by atoms with E-state index in [-0.39, 0.29) is 18.0 Å². The molecule has 0 radical (unpaired) electrons. The molecule has 0 atom stereocenters. The van der Waals surface area contributed by atoms with E-state index in [0.717, 1.165) is 5.69 Å². The second kappa shape index (κ2) is 6.47. The van der Waals surface area contributed by atoms with E-state index in [1.807, 2.05) is 29.9 Å². The molecule has 1 heterocycles. The number of aromatic nitrogens is 1. The van der Waals surface area contributed by atoms with Crippen LogP contribution in [0.25, 0.3) is 0 Å². The van der Waals surface area contributed by atoms with Crippen LogP contribution in [0.15, 0.2) is 47.7 Å². The van der Waals surface area contributed by atoms with Gasteiger partial charge in [-0.3, -0.25) is 14.9 Å². The largest absolute Gasteiger partial charge is 0.354 e. The Balaban J connectivity index is 1.98. The van der Waals surface area contributed by atoms with Crippen LogP contribution in [0.1, 0.15) is 11.3 Å². The first-order chi connectivity index (χ1) is 10.1. The highest BCUT2D eigenvalue weighted by molar-refractivity contribution is 5.86. The minimum atomic E-state index is -0.493. The first kappa shape index (κ1) is 14.4. The highest BCUT2D eigenvalue weighted by Gasteiger charge is 2.10. The van der Waals surface area contributed by atoms with Gasteiger partial charge in [0.1, 0.15) is 0 Å². The molecule has 21 heavy (non-hydrogen) atoms. The number of amides is 1. The van der Waals surface area contributed by atoms with Crippen molar-refractivity contribution in [1.82, 2.24) is 9.99 Å². The molecule has 1 amide bonds. The number of hydrazone groups is 1. The van der Waals surface area contributed by atoms with Crippen LogP contribution in [0.5, 0.6) is 0 Å². The van der Waals surface area contributed by atoms with Gasteiger partial charge in [0.05, 0.1) is 23.1 Å². The van der Waals surface area contributed by atoms with E-state index in [4.69, 9.17) is 0 Å². The van der Waals surface area contributed by atoms with Crippen molar-refractivity contribution in [3.63, 3.8) is 0 Å². The Morgan fingerprint density at radius 2 is 2.14 bits per heavy atom. The first-order valence-corrected chi connectivity index (χ1v) is 6.23. The lowest BCUT2D eigenvalue weighted by Crippen LogP contribution is -2.20. The molecule has 2 aromatic rings. The molecule has 2 rings (SSSR count). The number of carbonyl (C=O) groups excluding carboxylic acids is 1. The average molecular weight is 286 g/mol. The van der Waals surface area contributed by atoms with Crippen molar-refractivity contribution in [1.29, 1.82) is 0 Å². The number of nitro groups is 1. The zero-order valence-corrected chi connectivity index (χ0v) is 11.4. The summed E-state index contributed by atoms with van der Waals surface area (Å²) in [5, 5.41) is 14.6. The third-order valence-electron chi connectivity index (χ3n) is 2.92. The van der Waals surface area contributed by atoms with E-state index in [9.17, 15) is 14.9 Å². The van der Waals surface area contributed by atoms with Crippen LogP contribution < -0.4 is 5.43 Å². The second-order valence-corrected chi connectivity index (χ2v) is 4.40. The van der Waals surface area contributed by atoms with Gasteiger partial charge in [-0.15, -0.1) is 0 Å². The van der Waals surface area contributed by atoms with Crippen molar-refractivity contribution >= 4 is 17.8 Å². The van der Waals surface area contributed by atoms with Crippen molar-refractivity contribution in [3.8, 4) is 0 Å². The van der Waals surface area contributed by atoms with Crippen molar-refractivity contribution < 1.29 is 9.72 Å². The maximum Gasteiger partial charge on any atom is 0.278 e. The fourth-order valence-corrected chi connectivity index (χ4v) is 1.82. The van der Waals surface area contributed by atoms with E-state index in [2.05, 4.69) is 10.5 Å². The van der Waals surface area contributed by atoms with Crippen LogP contribution in [-0.2, 0) is 18.3 Å². The summed E-state index contributed by atoms with van der Waals surface area (Å²) >= 11 is 0. The van der Waals surface area contributed by atoms with Crippen molar-refractivity contribution in [2.24, 2.45) is 12.1 Å². The van der Waals surface area contributed by atoms with Gasteiger partial charge < -0.3 is 4.57 Å². The number of hydrogen-bond donors (Lipinski definition) is 1. The van der Waals surface area contributed by atoms with E-state index in [0.29, 0.717) is 5.56 Å². The minimum Gasteiger partial charge on any atom is -0.354 e. The topological polar surface area (TPSA) is 89.5 Å². The SMILES string of the molecule is Cn1cccc1CC(=O)NN=Cc1ccccc1[N+](=O)[O-]. The Hall–Kier alpha value is -2.96. The number of para-hydroxylation sites is 1. The average Bonchev–Trinajstić information content (AvgIpc) is 2.84. The summed E-state index contributed by atoms with van der Waals surface area (Å²) in [5.74, 6) is -0.286. The van der Waals surface area contributed by atoms with Crippen LogP contribution >= 0.6 is 0 Å². The molecule has 108 valence electrons. The molecule has 0 saturated carbocycles. The summed E-state index contributed by atoms with van der Waals surface area (Å²) in [4.78, 5) is 22.0. The quantitative estimate of drug-likeness (QED) is 0.514. The van der Waals surface area contributed by atoms with Crippen LogP contribution in [0, 0.1) is 10.1 Å². The summed E-state index contributed by atoms with van der Waals surface area (Å²) in [6.07, 6.45) is 3.30. The summed E-state index contributed by atoms with van der Waals surface area (Å²) in [7, 11) is 1.85. The molecule has 1 aromatic carbocycles. The zero-order chi connectivity index (χ0) is 15.2. The smallest absolute Gasteiger partial charge is 0.278 e. The Morgan fingerprint density at radius 1 is 1.38 bits per heavy atom. The highest BCUT2D eigenvalue weighted by Crippen LogP contribution is 2.14. The number of nitro benzene ring substituents is 1. The Labute approximate surface area is 121 Å². The predicted octanol–water partition coefficient (Wildman–Crippen LogP) is 1.63. The van der Waals surface area contributed by atoms with Gasteiger partial charge in [0, 0.05) is 25.0 Å². The number of rotatable bonds is 5. The molecule has 0 aliphatic rings. The molecule has 0 aliphatic heterocycles. The highest BCUT2D eigenvalue weighted by atomic mass is 16.6. The number of aryl methyl sites for hydroxylation is 1. The molecule has 0 aliphatic carbocycles. The molecule has 7 nitrogen and oxygen atoms in total. The van der Waals surface area contributed by atoms with Gasteiger partial charge >= 0.3 is 0 Å². The first-order valence-electron chi connectivity index (χ1n) is 6.23. The zero-order valence-electron chi connectivity index (χ0n) is 11.4.